The molecule has 0 saturated carbocycles. The van der Waals surface area contributed by atoms with E-state index in [1.165, 1.54) is 53.5 Å². The van der Waals surface area contributed by atoms with Crippen LogP contribution in [0.1, 0.15) is 24.0 Å². The molecule has 1 atom stereocenters. The Hall–Kier alpha value is -3.33. The first-order valence-corrected chi connectivity index (χ1v) is 10.0. The minimum Gasteiger partial charge on any atom is -0.459 e. The second-order valence-electron chi connectivity index (χ2n) is 7.15. The maximum Gasteiger partial charge on any atom is 0.333 e. The minimum atomic E-state index is -0.606. The van der Waals surface area contributed by atoms with Gasteiger partial charge >= 0.3 is 5.97 Å². The molecule has 0 fully saturated rings. The van der Waals surface area contributed by atoms with Gasteiger partial charge in [-0.25, -0.2) is 4.79 Å². The summed E-state index contributed by atoms with van der Waals surface area (Å²) in [5, 5.41) is 5.64. The normalized spacial score (nSPS) is 17.0. The summed E-state index contributed by atoms with van der Waals surface area (Å²) in [6, 6.07) is 18.0. The highest BCUT2D eigenvalue weighted by Gasteiger charge is 2.13. The highest BCUT2D eigenvalue weighted by Crippen LogP contribution is 2.33. The standard InChI is InChI=1S/C18H16.C8H8O3/c1-3-7-15-13(5-1)9-11-18-16-8-4-2-6-14(16)10-12-17(15)18;1-2-7(9)11-8-5-3-4-6-10-8/h1,3,5,7,9-12H,2,4,6,8H2;2-6,8H,1H2. The summed E-state index contributed by atoms with van der Waals surface area (Å²) in [7, 11) is 0. The van der Waals surface area contributed by atoms with Crippen LogP contribution in [0.25, 0.3) is 21.5 Å². The molecule has 1 heterocycles. The van der Waals surface area contributed by atoms with Gasteiger partial charge in [0, 0.05) is 6.08 Å². The molecule has 29 heavy (non-hydrogen) atoms. The van der Waals surface area contributed by atoms with Crippen LogP contribution in [0.2, 0.25) is 0 Å². The number of benzene rings is 3. The van der Waals surface area contributed by atoms with Gasteiger partial charge < -0.3 is 9.47 Å². The molecule has 3 nitrogen and oxygen atoms in total. The number of fused-ring (bicyclic) bond motifs is 5. The van der Waals surface area contributed by atoms with Crippen LogP contribution < -0.4 is 0 Å². The predicted molar refractivity (Wildman–Crippen MR) is 118 cm³/mol. The maximum atomic E-state index is 10.6. The number of rotatable bonds is 2. The van der Waals surface area contributed by atoms with Crippen LogP contribution in [0.15, 0.2) is 85.7 Å². The van der Waals surface area contributed by atoms with Crippen LogP contribution in [0, 0.1) is 0 Å². The summed E-state index contributed by atoms with van der Waals surface area (Å²) in [5.41, 5.74) is 3.17. The third-order valence-corrected chi connectivity index (χ3v) is 5.33. The van der Waals surface area contributed by atoms with Crippen molar-refractivity contribution in [1.29, 1.82) is 0 Å². The van der Waals surface area contributed by atoms with Crippen molar-refractivity contribution in [2.75, 3.05) is 0 Å². The van der Waals surface area contributed by atoms with Gasteiger partial charge in [0.25, 0.3) is 6.29 Å². The zero-order valence-corrected chi connectivity index (χ0v) is 16.3. The molecular weight excluding hydrogens is 360 g/mol. The molecule has 3 aromatic rings. The molecule has 0 spiro atoms. The Morgan fingerprint density at radius 3 is 2.62 bits per heavy atom. The van der Waals surface area contributed by atoms with E-state index in [1.54, 1.807) is 29.4 Å². The molecule has 1 aliphatic carbocycles. The predicted octanol–water partition coefficient (Wildman–Crippen LogP) is 6.01. The van der Waals surface area contributed by atoms with Gasteiger partial charge in [-0.2, -0.15) is 0 Å². The molecule has 146 valence electrons. The van der Waals surface area contributed by atoms with Gasteiger partial charge in [0.15, 0.2) is 0 Å². The molecule has 3 heteroatoms. The Bertz CT molecular complexity index is 1110. The number of esters is 1. The minimum absolute atomic E-state index is 0.491. The van der Waals surface area contributed by atoms with Gasteiger partial charge in [-0.05, 0) is 70.5 Å². The van der Waals surface area contributed by atoms with E-state index in [9.17, 15) is 4.79 Å². The van der Waals surface area contributed by atoms with Gasteiger partial charge in [-0.15, -0.1) is 0 Å². The van der Waals surface area contributed by atoms with Gasteiger partial charge in [0.2, 0.25) is 0 Å². The van der Waals surface area contributed by atoms with Crippen molar-refractivity contribution in [3.63, 3.8) is 0 Å². The number of hydrogen-bond acceptors (Lipinski definition) is 3. The molecule has 0 aromatic heterocycles. The molecule has 3 aromatic carbocycles. The van der Waals surface area contributed by atoms with Gasteiger partial charge in [0.1, 0.15) is 0 Å². The molecule has 5 rings (SSSR count). The zero-order chi connectivity index (χ0) is 20.1. The number of ether oxygens (including phenoxy) is 2. The van der Waals surface area contributed by atoms with E-state index in [4.69, 9.17) is 9.47 Å². The molecule has 1 unspecified atom stereocenters. The van der Waals surface area contributed by atoms with Crippen LogP contribution in [0.5, 0.6) is 0 Å². The highest BCUT2D eigenvalue weighted by atomic mass is 16.7. The smallest absolute Gasteiger partial charge is 0.333 e. The van der Waals surface area contributed by atoms with E-state index >= 15 is 0 Å². The Balaban J connectivity index is 0.000000161. The summed E-state index contributed by atoms with van der Waals surface area (Å²) in [6.45, 7) is 3.25. The fourth-order valence-electron chi connectivity index (χ4n) is 3.94. The largest absolute Gasteiger partial charge is 0.459 e. The quantitative estimate of drug-likeness (QED) is 0.308. The molecule has 2 aliphatic rings. The van der Waals surface area contributed by atoms with Crippen LogP contribution in [-0.4, -0.2) is 12.3 Å². The number of hydrogen-bond donors (Lipinski definition) is 0. The van der Waals surface area contributed by atoms with Crippen LogP contribution in [-0.2, 0) is 27.1 Å². The second-order valence-corrected chi connectivity index (χ2v) is 7.15. The average Bonchev–Trinajstić information content (AvgIpc) is 2.79. The Morgan fingerprint density at radius 2 is 1.79 bits per heavy atom. The van der Waals surface area contributed by atoms with E-state index in [0.29, 0.717) is 0 Å². The Kier molecular flexibility index (Phi) is 5.76. The van der Waals surface area contributed by atoms with E-state index < -0.39 is 12.3 Å². The monoisotopic (exact) mass is 384 g/mol. The van der Waals surface area contributed by atoms with Gasteiger partial charge in [0.05, 0.1) is 6.26 Å². The molecule has 0 N–H and O–H groups in total. The molecule has 1 aliphatic heterocycles. The van der Waals surface area contributed by atoms with Gasteiger partial charge in [-0.1, -0.05) is 61.2 Å². The SMILES string of the molecule is C=CC(=O)OC1C=CC=CO1.c1ccc2c(c1)ccc1c3c(ccc12)CCCC3. The van der Waals surface area contributed by atoms with Crippen molar-refractivity contribution >= 4 is 27.5 Å². The summed E-state index contributed by atoms with van der Waals surface area (Å²) in [5.74, 6) is -0.491. The second kappa shape index (κ2) is 8.78. The van der Waals surface area contributed by atoms with Crippen LogP contribution >= 0.6 is 0 Å². The van der Waals surface area contributed by atoms with Crippen molar-refractivity contribution in [3.8, 4) is 0 Å². The summed E-state index contributed by atoms with van der Waals surface area (Å²) >= 11 is 0. The lowest BCUT2D eigenvalue weighted by Crippen LogP contribution is -2.16. The topological polar surface area (TPSA) is 35.5 Å². The Morgan fingerprint density at radius 1 is 0.966 bits per heavy atom. The first kappa shape index (κ1) is 19.0. The lowest BCUT2D eigenvalue weighted by atomic mass is 9.86. The van der Waals surface area contributed by atoms with Crippen molar-refractivity contribution in [2.24, 2.45) is 0 Å². The molecule has 0 saturated heterocycles. The molecular formula is C26H24O3. The highest BCUT2D eigenvalue weighted by molar-refractivity contribution is 6.08. The lowest BCUT2D eigenvalue weighted by molar-refractivity contribution is -0.155. The van der Waals surface area contributed by atoms with Crippen LogP contribution in [0.4, 0.5) is 0 Å². The summed E-state index contributed by atoms with van der Waals surface area (Å²) in [4.78, 5) is 10.6. The fourth-order valence-corrected chi connectivity index (χ4v) is 3.94. The number of carbonyl (C=O) groups excluding carboxylic acids is 1. The summed E-state index contributed by atoms with van der Waals surface area (Å²) in [6.07, 6.45) is 12.2. The van der Waals surface area contributed by atoms with Crippen molar-refractivity contribution < 1.29 is 14.3 Å². The number of allylic oxidation sites excluding steroid dienone is 2. The number of carbonyl (C=O) groups is 1. The van der Waals surface area contributed by atoms with Gasteiger partial charge in [-0.3, -0.25) is 0 Å². The molecule has 0 radical (unpaired) electrons. The fraction of sp³-hybridized carbons (Fsp3) is 0.192. The van der Waals surface area contributed by atoms with Crippen molar-refractivity contribution in [3.05, 3.63) is 96.8 Å². The zero-order valence-electron chi connectivity index (χ0n) is 16.3. The van der Waals surface area contributed by atoms with Crippen LogP contribution in [0.3, 0.4) is 0 Å². The first-order valence-electron chi connectivity index (χ1n) is 10.0. The van der Waals surface area contributed by atoms with E-state index in [2.05, 4.69) is 55.1 Å². The number of aryl methyl sites for hydroxylation is 2. The van der Waals surface area contributed by atoms with E-state index in [1.807, 2.05) is 0 Å². The van der Waals surface area contributed by atoms with E-state index in [0.717, 1.165) is 6.08 Å². The lowest BCUT2D eigenvalue weighted by Gasteiger charge is -2.18. The Labute approximate surface area is 170 Å². The van der Waals surface area contributed by atoms with Crippen molar-refractivity contribution in [1.82, 2.24) is 0 Å². The van der Waals surface area contributed by atoms with Crippen molar-refractivity contribution in [2.45, 2.75) is 32.0 Å². The molecule has 0 amide bonds. The third kappa shape index (κ3) is 4.24. The summed E-state index contributed by atoms with van der Waals surface area (Å²) < 4.78 is 9.62. The molecule has 0 bridgehead atoms. The maximum absolute atomic E-state index is 10.6. The van der Waals surface area contributed by atoms with E-state index in [-0.39, 0.29) is 0 Å². The third-order valence-electron chi connectivity index (χ3n) is 5.33. The average molecular weight is 384 g/mol. The first-order chi connectivity index (χ1) is 14.3.